The Balaban J connectivity index is 0.000000137. The van der Waals surface area contributed by atoms with Crippen molar-refractivity contribution in [2.24, 2.45) is 10.8 Å². The zero-order chi connectivity index (χ0) is 60.7. The molecule has 26 heteroatoms. The highest BCUT2D eigenvalue weighted by Gasteiger charge is 2.28. The van der Waals surface area contributed by atoms with Crippen LogP contribution in [-0.4, -0.2) is 97.8 Å². The number of non-ortho nitro benzene ring substituents is 2. The third kappa shape index (κ3) is 12.6. The first-order valence-corrected chi connectivity index (χ1v) is 27.3. The highest BCUT2D eigenvalue weighted by molar-refractivity contribution is 6.35. The average molecular weight is 1170 g/mol. The Morgan fingerprint density at radius 2 is 1.21 bits per heavy atom. The number of benzene rings is 6. The number of anilines is 2. The van der Waals surface area contributed by atoms with Crippen molar-refractivity contribution < 1.29 is 15.6 Å². The molecular formula is C59H55ClFN19O5. The molecule has 13 rings (SSSR count). The van der Waals surface area contributed by atoms with E-state index in [-0.39, 0.29) is 39.8 Å². The summed E-state index contributed by atoms with van der Waals surface area (Å²) in [7, 11) is 0. The molecule has 24 nitrogen and oxygen atoms in total. The molecule has 6 aromatic carbocycles. The summed E-state index contributed by atoms with van der Waals surface area (Å²) in [6.07, 6.45) is 8.44. The molecular weight excluding hydrogens is 1110 g/mol. The van der Waals surface area contributed by atoms with Crippen LogP contribution in [0.1, 0.15) is 84.5 Å². The summed E-state index contributed by atoms with van der Waals surface area (Å²) < 4.78 is 28.1. The van der Waals surface area contributed by atoms with Crippen molar-refractivity contribution in [2.45, 2.75) is 72.7 Å². The number of halogens is 2. The molecule has 12 aromatic rings. The minimum atomic E-state index is -1.29. The number of rotatable bonds is 13. The maximum Gasteiger partial charge on any atom is 0.272 e. The van der Waals surface area contributed by atoms with Crippen LogP contribution in [0.4, 0.5) is 27.4 Å². The van der Waals surface area contributed by atoms with Crippen molar-refractivity contribution in [3.63, 3.8) is 0 Å². The van der Waals surface area contributed by atoms with E-state index in [4.69, 9.17) is 11.6 Å². The van der Waals surface area contributed by atoms with Crippen LogP contribution in [0, 0.1) is 36.9 Å². The van der Waals surface area contributed by atoms with E-state index >= 15 is 0 Å². The smallest absolute Gasteiger partial charge is 0.272 e. The minimum Gasteiger partial charge on any atom is -0.369 e. The van der Waals surface area contributed by atoms with Gasteiger partial charge < -0.3 is 15.6 Å². The van der Waals surface area contributed by atoms with Crippen LogP contribution in [0.3, 0.4) is 0 Å². The number of hydrogen-bond acceptors (Lipinski definition) is 18. The Morgan fingerprint density at radius 3 is 1.76 bits per heavy atom. The fourth-order valence-electron chi connectivity index (χ4n) is 9.30. The monoisotopic (exact) mass is 1160 g/mol. The number of aromatic nitrogens is 15. The molecule has 6 aromatic heterocycles. The van der Waals surface area contributed by atoms with Crippen LogP contribution in [0.2, 0.25) is 5.02 Å². The number of fused-ring (bicyclic) bond motifs is 5. The van der Waals surface area contributed by atoms with E-state index in [2.05, 4.69) is 113 Å². The molecule has 85 heavy (non-hydrogen) atoms. The molecule has 1 aliphatic rings. The fraction of sp³-hybridized carbons (Fsp3) is 0.254. The van der Waals surface area contributed by atoms with Gasteiger partial charge in [0, 0.05) is 56.2 Å². The molecule has 0 spiro atoms. The highest BCUT2D eigenvalue weighted by atomic mass is 35.5. The number of nitro benzene ring substituents is 2. The Bertz CT molecular complexity index is 4620. The summed E-state index contributed by atoms with van der Waals surface area (Å²) in [6.45, 7) is 14.1. The number of nitrogens with one attached hydrogen (secondary N) is 3. The van der Waals surface area contributed by atoms with Gasteiger partial charge in [-0.3, -0.25) is 25.0 Å². The third-order valence-corrected chi connectivity index (χ3v) is 13.9. The Labute approximate surface area is 489 Å². The van der Waals surface area contributed by atoms with E-state index in [1.807, 2.05) is 59.4 Å². The van der Waals surface area contributed by atoms with Gasteiger partial charge in [-0.1, -0.05) is 105 Å². The number of nitrogens with zero attached hydrogens (tertiary/aromatic N) is 16. The van der Waals surface area contributed by atoms with E-state index in [1.165, 1.54) is 60.1 Å². The highest BCUT2D eigenvalue weighted by Crippen LogP contribution is 2.38. The predicted octanol–water partition coefficient (Wildman–Crippen LogP) is 11.5. The summed E-state index contributed by atoms with van der Waals surface area (Å²) in [5.74, 6) is -0.384. The van der Waals surface area contributed by atoms with Gasteiger partial charge in [0.05, 0.1) is 60.3 Å². The number of aromatic amines is 1. The zero-order valence-corrected chi connectivity index (χ0v) is 47.5. The summed E-state index contributed by atoms with van der Waals surface area (Å²) in [5, 5.41) is 56.4. The Hall–Kier alpha value is -10.3. The maximum atomic E-state index is 13.7. The van der Waals surface area contributed by atoms with Gasteiger partial charge in [-0.25, -0.2) is 43.4 Å². The van der Waals surface area contributed by atoms with Crippen molar-refractivity contribution >= 4 is 89.4 Å². The predicted molar refractivity (Wildman–Crippen MR) is 321 cm³/mol. The first kappa shape index (κ1) is 55.2. The molecule has 0 amide bonds. The van der Waals surface area contributed by atoms with E-state index < -0.39 is 21.3 Å². The van der Waals surface area contributed by atoms with Gasteiger partial charge in [-0.15, -0.1) is 15.3 Å². The summed E-state index contributed by atoms with van der Waals surface area (Å²) in [6, 6.07) is 30.3. The first-order valence-electron chi connectivity index (χ1n) is 27.4. The van der Waals surface area contributed by atoms with Gasteiger partial charge in [0.25, 0.3) is 16.9 Å². The molecule has 0 aliphatic heterocycles. The Morgan fingerprint density at radius 1 is 0.682 bits per heavy atom. The van der Waals surface area contributed by atoms with Crippen LogP contribution in [0.5, 0.6) is 0 Å². The van der Waals surface area contributed by atoms with Crippen LogP contribution in [0.25, 0.3) is 66.2 Å². The lowest BCUT2D eigenvalue weighted by Gasteiger charge is -2.20. The van der Waals surface area contributed by atoms with Crippen LogP contribution in [0.15, 0.2) is 139 Å². The quantitative estimate of drug-likeness (QED) is 0.0713. The number of para-hydroxylation sites is 2. The van der Waals surface area contributed by atoms with Crippen molar-refractivity contribution in [1.29, 1.82) is 0 Å². The number of H-pyrrole nitrogens is 1. The molecule has 6 heterocycles. The number of nitro groups is 2. The molecule has 1 atom stereocenters. The second-order valence-corrected chi connectivity index (χ2v) is 23.1. The second kappa shape index (κ2) is 23.2. The van der Waals surface area contributed by atoms with Gasteiger partial charge in [-0.05, 0) is 89.8 Å². The average Bonchev–Trinajstić information content (AvgIpc) is 1.79. The van der Waals surface area contributed by atoms with Gasteiger partial charge in [0.15, 0.2) is 0 Å². The largest absolute Gasteiger partial charge is 0.369 e. The fourth-order valence-corrected chi connectivity index (χ4v) is 9.59. The molecule has 1 aliphatic carbocycles. The molecule has 0 unspecified atom stereocenters. The minimum absolute atomic E-state index is 0.0168. The summed E-state index contributed by atoms with van der Waals surface area (Å²) in [4.78, 5) is 57.8. The molecule has 1 saturated carbocycles. The lowest BCUT2D eigenvalue weighted by molar-refractivity contribution is -0.384. The zero-order valence-electron chi connectivity index (χ0n) is 47.8. The molecule has 430 valence electrons. The van der Waals surface area contributed by atoms with Crippen molar-refractivity contribution in [3.05, 3.63) is 193 Å². The lowest BCUT2D eigenvalue weighted by Crippen LogP contribution is -2.19. The van der Waals surface area contributed by atoms with E-state index in [0.29, 0.717) is 90.4 Å². The van der Waals surface area contributed by atoms with Gasteiger partial charge >= 0.3 is 0 Å². The van der Waals surface area contributed by atoms with Crippen LogP contribution in [-0.2, 0) is 6.42 Å². The van der Waals surface area contributed by atoms with Gasteiger partial charge in [0.2, 0.25) is 0 Å². The van der Waals surface area contributed by atoms with Crippen molar-refractivity contribution in [2.75, 3.05) is 23.7 Å². The van der Waals surface area contributed by atoms with Crippen molar-refractivity contribution in [3.8, 4) is 11.4 Å². The summed E-state index contributed by atoms with van der Waals surface area (Å²) >= 11 is 6.66. The molecule has 0 radical (unpaired) electrons. The molecule has 1 fully saturated rings. The third-order valence-electron chi connectivity index (χ3n) is 13.6. The normalized spacial score (nSPS) is 13.4. The number of hydrogen-bond donors (Lipinski definition) is 3. The molecule has 0 bridgehead atoms. The molecule has 3 N–H and O–H groups in total. The van der Waals surface area contributed by atoms with E-state index in [1.54, 1.807) is 28.9 Å². The topological polar surface area (TPSA) is 300 Å². The maximum absolute atomic E-state index is 13.7. The van der Waals surface area contributed by atoms with Crippen LogP contribution >= 0.6 is 11.6 Å². The van der Waals surface area contributed by atoms with E-state index in [9.17, 15) is 30.8 Å². The van der Waals surface area contributed by atoms with E-state index in [0.717, 1.165) is 35.9 Å². The Kier molecular flexibility index (Phi) is 15.0. The lowest BCUT2D eigenvalue weighted by atomic mass is 9.89. The molecule has 0 saturated heterocycles. The van der Waals surface area contributed by atoms with Crippen LogP contribution < -0.4 is 16.2 Å². The SMILES string of the molecule is CC(C)(C)CNc1ncnc2c(-n3nnc4ccccc43)cc([N+](=O)[O-])cc12.O=c1[nH]cnc2c(-n3nnc4ccccc43)cc([N+](=O)[O-])cc12.[2H][C@@](Cc1cc(Cl)c2ncnc(NCC(C)(C)C)c2c1)(c1ccc(F)cc1)c1cn(C2CC2)nn1. The first-order chi connectivity index (χ1) is 41.1. The second-order valence-electron chi connectivity index (χ2n) is 22.7. The standard InChI is InChI=1S/C26H28ClFN6.C19H19N7O2.C14H8N6O3/c1-26(2,3)14-29-25-21-11-16(12-22(27)24(21)30-15-31-25)10-20(17-4-6-18(28)7-5-17)23-13-34(33-32-23)19-8-9-19;1-19(2,3)10-20-18-13-8-12(26(27)28)9-16(17(13)21-11-22-18)25-15-7-5-4-6-14(15)23-24-25;21-14-9-5-8(20(22)23)6-12(13(9)15-7-16-14)19-11-4-2-1-3-10(11)17-18-19/h4-7,11-13,15,19-20H,8-10,14H2,1-3H3,(H,29,30,31);4-9,11H,10H2,1-3H3,(H,20,21,22);1-7H,(H,15,16,21)/t20-;;/m1../s1/i20D;;. The summed E-state index contributed by atoms with van der Waals surface area (Å²) in [5.41, 5.74) is 6.41. The van der Waals surface area contributed by atoms with Crippen molar-refractivity contribution in [1.82, 2.24) is 74.9 Å². The van der Waals surface area contributed by atoms with Gasteiger partial charge in [0.1, 0.15) is 63.5 Å². The van der Waals surface area contributed by atoms with Gasteiger partial charge in [-0.2, -0.15) is 0 Å².